The van der Waals surface area contributed by atoms with E-state index in [-0.39, 0.29) is 0 Å². The van der Waals surface area contributed by atoms with Gasteiger partial charge in [0.05, 0.1) is 0 Å². The monoisotopic (exact) mass is 278 g/mol. The standard InChI is InChI=1S/C14H26N6/c1-11-10-17-14(19-15)18-13(11)16-7-5-9-20-8-4-3-6-12(20)2/h10,12H,3-9,15H2,1-2H3,(H2,16,17,18,19). The molecule has 0 bridgehead atoms. The van der Waals surface area contributed by atoms with Crippen LogP contribution in [0.1, 0.15) is 38.2 Å². The Morgan fingerprint density at radius 1 is 1.45 bits per heavy atom. The van der Waals surface area contributed by atoms with Gasteiger partial charge >= 0.3 is 0 Å². The molecule has 6 heteroatoms. The molecule has 1 saturated heterocycles. The lowest BCUT2D eigenvalue weighted by Crippen LogP contribution is -2.38. The number of nitrogen functional groups attached to an aromatic ring is 1. The Labute approximate surface area is 121 Å². The van der Waals surface area contributed by atoms with E-state index in [4.69, 9.17) is 5.84 Å². The Bertz CT molecular complexity index is 422. The van der Waals surface area contributed by atoms with Crippen LogP contribution < -0.4 is 16.6 Å². The summed E-state index contributed by atoms with van der Waals surface area (Å²) in [6.45, 7) is 7.65. The van der Waals surface area contributed by atoms with Gasteiger partial charge in [-0.25, -0.2) is 10.8 Å². The maximum absolute atomic E-state index is 5.33. The van der Waals surface area contributed by atoms with Crippen LogP contribution >= 0.6 is 0 Å². The third-order valence-corrected chi connectivity index (χ3v) is 3.96. The second kappa shape index (κ2) is 7.40. The lowest BCUT2D eigenvalue weighted by molar-refractivity contribution is 0.160. The van der Waals surface area contributed by atoms with Gasteiger partial charge in [0.25, 0.3) is 0 Å². The first-order valence-corrected chi connectivity index (χ1v) is 7.49. The number of nitrogens with zero attached hydrogens (tertiary/aromatic N) is 3. The van der Waals surface area contributed by atoms with E-state index < -0.39 is 0 Å². The fourth-order valence-corrected chi connectivity index (χ4v) is 2.67. The zero-order valence-electron chi connectivity index (χ0n) is 12.5. The minimum atomic E-state index is 0.447. The summed E-state index contributed by atoms with van der Waals surface area (Å²) in [7, 11) is 0. The highest BCUT2D eigenvalue weighted by atomic mass is 15.3. The van der Waals surface area contributed by atoms with Crippen LogP contribution in [0, 0.1) is 6.92 Å². The summed E-state index contributed by atoms with van der Waals surface area (Å²) < 4.78 is 0. The molecule has 112 valence electrons. The van der Waals surface area contributed by atoms with E-state index in [0.717, 1.165) is 36.9 Å². The number of piperidine rings is 1. The maximum Gasteiger partial charge on any atom is 0.239 e. The number of anilines is 2. The van der Waals surface area contributed by atoms with Crippen LogP contribution in [-0.4, -0.2) is 40.5 Å². The SMILES string of the molecule is Cc1cnc(NN)nc1NCCCN1CCCCC1C. The Morgan fingerprint density at radius 3 is 3.05 bits per heavy atom. The van der Waals surface area contributed by atoms with Crippen LogP contribution in [0.15, 0.2) is 6.20 Å². The van der Waals surface area contributed by atoms with Crippen molar-refractivity contribution in [1.82, 2.24) is 14.9 Å². The molecule has 1 atom stereocenters. The number of nitrogens with two attached hydrogens (primary N) is 1. The van der Waals surface area contributed by atoms with Crippen molar-refractivity contribution in [3.05, 3.63) is 11.8 Å². The van der Waals surface area contributed by atoms with Crippen molar-refractivity contribution in [3.63, 3.8) is 0 Å². The highest BCUT2D eigenvalue weighted by Crippen LogP contribution is 2.16. The summed E-state index contributed by atoms with van der Waals surface area (Å²) in [4.78, 5) is 11.0. The molecule has 0 saturated carbocycles. The van der Waals surface area contributed by atoms with Crippen molar-refractivity contribution >= 4 is 11.8 Å². The molecule has 2 heterocycles. The second-order valence-electron chi connectivity index (χ2n) is 5.53. The van der Waals surface area contributed by atoms with Crippen LogP contribution in [0.5, 0.6) is 0 Å². The van der Waals surface area contributed by atoms with Crippen molar-refractivity contribution in [2.75, 3.05) is 30.4 Å². The van der Waals surface area contributed by atoms with Crippen molar-refractivity contribution in [2.45, 2.75) is 45.6 Å². The summed E-state index contributed by atoms with van der Waals surface area (Å²) in [6, 6.07) is 0.734. The van der Waals surface area contributed by atoms with E-state index in [1.54, 1.807) is 6.20 Å². The summed E-state index contributed by atoms with van der Waals surface area (Å²) >= 11 is 0. The van der Waals surface area contributed by atoms with Crippen molar-refractivity contribution < 1.29 is 0 Å². The lowest BCUT2D eigenvalue weighted by Gasteiger charge is -2.33. The third kappa shape index (κ3) is 4.05. The zero-order valence-corrected chi connectivity index (χ0v) is 12.5. The highest BCUT2D eigenvalue weighted by Gasteiger charge is 2.17. The minimum Gasteiger partial charge on any atom is -0.370 e. The van der Waals surface area contributed by atoms with E-state index in [9.17, 15) is 0 Å². The predicted octanol–water partition coefficient (Wildman–Crippen LogP) is 1.75. The molecule has 0 radical (unpaired) electrons. The number of aryl methyl sites for hydroxylation is 1. The average Bonchev–Trinajstić information content (AvgIpc) is 2.47. The number of hydrogen-bond acceptors (Lipinski definition) is 6. The molecule has 4 N–H and O–H groups in total. The Morgan fingerprint density at radius 2 is 2.30 bits per heavy atom. The average molecular weight is 278 g/mol. The van der Waals surface area contributed by atoms with Gasteiger partial charge in [-0.1, -0.05) is 6.42 Å². The molecule has 2 rings (SSSR count). The first-order chi connectivity index (χ1) is 9.70. The summed E-state index contributed by atoms with van der Waals surface area (Å²) in [6.07, 6.45) is 6.96. The number of hydrazine groups is 1. The molecule has 0 spiro atoms. The summed E-state index contributed by atoms with van der Waals surface area (Å²) in [5, 5.41) is 3.37. The number of rotatable bonds is 6. The molecule has 0 aliphatic carbocycles. The Kier molecular flexibility index (Phi) is 5.55. The van der Waals surface area contributed by atoms with Gasteiger partial charge in [-0.3, -0.25) is 5.43 Å². The van der Waals surface area contributed by atoms with E-state index >= 15 is 0 Å². The normalized spacial score (nSPS) is 19.9. The zero-order chi connectivity index (χ0) is 14.4. The van der Waals surface area contributed by atoms with E-state index in [1.807, 2.05) is 6.92 Å². The molecule has 20 heavy (non-hydrogen) atoms. The molecule has 0 amide bonds. The topological polar surface area (TPSA) is 79.1 Å². The van der Waals surface area contributed by atoms with Crippen LogP contribution in [0.4, 0.5) is 11.8 Å². The predicted molar refractivity (Wildman–Crippen MR) is 82.6 cm³/mol. The fourth-order valence-electron chi connectivity index (χ4n) is 2.67. The van der Waals surface area contributed by atoms with E-state index in [1.165, 1.54) is 25.8 Å². The van der Waals surface area contributed by atoms with Gasteiger partial charge < -0.3 is 10.2 Å². The molecule has 6 nitrogen and oxygen atoms in total. The van der Waals surface area contributed by atoms with E-state index in [0.29, 0.717) is 5.95 Å². The Hall–Kier alpha value is -1.40. The molecular weight excluding hydrogens is 252 g/mol. The van der Waals surface area contributed by atoms with Gasteiger partial charge in [-0.2, -0.15) is 4.98 Å². The smallest absolute Gasteiger partial charge is 0.239 e. The van der Waals surface area contributed by atoms with Crippen molar-refractivity contribution in [1.29, 1.82) is 0 Å². The molecule has 1 fully saturated rings. The van der Waals surface area contributed by atoms with Crippen LogP contribution in [0.25, 0.3) is 0 Å². The molecule has 1 aromatic heterocycles. The van der Waals surface area contributed by atoms with Crippen LogP contribution in [0.2, 0.25) is 0 Å². The number of likely N-dealkylation sites (tertiary alicyclic amines) is 1. The molecular formula is C14H26N6. The number of hydrogen-bond donors (Lipinski definition) is 3. The fraction of sp³-hybridized carbons (Fsp3) is 0.714. The van der Waals surface area contributed by atoms with E-state index in [2.05, 4.69) is 32.5 Å². The first kappa shape index (κ1) is 15.0. The van der Waals surface area contributed by atoms with Gasteiger partial charge in [0, 0.05) is 30.9 Å². The first-order valence-electron chi connectivity index (χ1n) is 7.49. The summed E-state index contributed by atoms with van der Waals surface area (Å²) in [5.41, 5.74) is 3.51. The van der Waals surface area contributed by atoms with Crippen LogP contribution in [0.3, 0.4) is 0 Å². The second-order valence-corrected chi connectivity index (χ2v) is 5.53. The number of nitrogens with one attached hydrogen (secondary N) is 2. The van der Waals surface area contributed by atoms with Crippen LogP contribution in [-0.2, 0) is 0 Å². The van der Waals surface area contributed by atoms with Gasteiger partial charge in [0.2, 0.25) is 5.95 Å². The minimum absolute atomic E-state index is 0.447. The quantitative estimate of drug-likeness (QED) is 0.418. The number of aromatic nitrogens is 2. The largest absolute Gasteiger partial charge is 0.370 e. The van der Waals surface area contributed by atoms with Gasteiger partial charge in [0.15, 0.2) is 0 Å². The van der Waals surface area contributed by atoms with Crippen molar-refractivity contribution in [3.8, 4) is 0 Å². The third-order valence-electron chi connectivity index (χ3n) is 3.96. The summed E-state index contributed by atoms with van der Waals surface area (Å²) in [5.74, 6) is 6.63. The molecule has 1 unspecified atom stereocenters. The highest BCUT2D eigenvalue weighted by molar-refractivity contribution is 5.45. The lowest BCUT2D eigenvalue weighted by atomic mass is 10.0. The molecule has 1 aliphatic rings. The molecule has 1 aliphatic heterocycles. The van der Waals surface area contributed by atoms with Gasteiger partial charge in [-0.05, 0) is 39.7 Å². The van der Waals surface area contributed by atoms with Crippen molar-refractivity contribution in [2.24, 2.45) is 5.84 Å². The maximum atomic E-state index is 5.33. The Balaban J connectivity index is 1.75. The van der Waals surface area contributed by atoms with Gasteiger partial charge in [-0.15, -0.1) is 0 Å². The molecule has 1 aromatic rings. The van der Waals surface area contributed by atoms with Gasteiger partial charge in [0.1, 0.15) is 5.82 Å². The molecule has 0 aromatic carbocycles.